The Balaban J connectivity index is 1.90. The van der Waals surface area contributed by atoms with Crippen LogP contribution in [0.15, 0.2) is 0 Å². The van der Waals surface area contributed by atoms with Crippen molar-refractivity contribution in [3.63, 3.8) is 0 Å². The van der Waals surface area contributed by atoms with E-state index in [4.69, 9.17) is 0 Å². The van der Waals surface area contributed by atoms with E-state index in [1.165, 1.54) is 51.7 Å². The van der Waals surface area contributed by atoms with E-state index >= 15 is 0 Å². The van der Waals surface area contributed by atoms with Crippen molar-refractivity contribution in [2.24, 2.45) is 5.92 Å². The largest absolute Gasteiger partial charge is 0.304 e. The highest BCUT2D eigenvalue weighted by molar-refractivity contribution is 6.35. The summed E-state index contributed by atoms with van der Waals surface area (Å²) in [6, 6.07) is 0.883. The molecule has 2 saturated heterocycles. The second-order valence-corrected chi connectivity index (χ2v) is 5.18. The molecular formula is C12H24BN2. The summed E-state index contributed by atoms with van der Waals surface area (Å²) in [7, 11) is 4.74. The van der Waals surface area contributed by atoms with E-state index in [1.54, 1.807) is 0 Å². The molecule has 0 aromatic heterocycles. The number of piperazine rings is 1. The lowest BCUT2D eigenvalue weighted by Crippen LogP contribution is -2.52. The van der Waals surface area contributed by atoms with Crippen molar-refractivity contribution in [3.05, 3.63) is 0 Å². The molecule has 0 aromatic carbocycles. The van der Waals surface area contributed by atoms with Crippen LogP contribution in [0, 0.1) is 5.92 Å². The Hall–Kier alpha value is -0.0151. The Morgan fingerprint density at radius 3 is 2.60 bits per heavy atom. The fourth-order valence-corrected chi connectivity index (χ4v) is 3.09. The van der Waals surface area contributed by atoms with Crippen molar-refractivity contribution >= 4 is 7.28 Å². The quantitative estimate of drug-likeness (QED) is 0.634. The molecule has 2 nitrogen and oxygen atoms in total. The zero-order valence-electron chi connectivity index (χ0n) is 10.3. The molecular weight excluding hydrogens is 183 g/mol. The molecule has 85 valence electrons. The average molecular weight is 207 g/mol. The maximum absolute atomic E-state index is 2.75. The molecule has 0 N–H and O–H groups in total. The van der Waals surface area contributed by atoms with Crippen LogP contribution in [0.25, 0.3) is 0 Å². The summed E-state index contributed by atoms with van der Waals surface area (Å²) < 4.78 is 0. The molecule has 2 fully saturated rings. The molecule has 2 atom stereocenters. The molecule has 0 saturated carbocycles. The highest BCUT2D eigenvalue weighted by Gasteiger charge is 2.30. The van der Waals surface area contributed by atoms with Crippen LogP contribution in [0.4, 0.5) is 0 Å². The normalized spacial score (nSPS) is 35.1. The number of likely N-dealkylation sites (N-methyl/N-ethyl adjacent to an activating group) is 1. The van der Waals surface area contributed by atoms with E-state index in [2.05, 4.69) is 31.1 Å². The van der Waals surface area contributed by atoms with E-state index in [-0.39, 0.29) is 0 Å². The van der Waals surface area contributed by atoms with Gasteiger partial charge in [-0.2, -0.15) is 0 Å². The number of rotatable bonds is 2. The maximum Gasteiger partial charge on any atom is 0.109 e. The van der Waals surface area contributed by atoms with Gasteiger partial charge in [0.2, 0.25) is 0 Å². The van der Waals surface area contributed by atoms with Crippen molar-refractivity contribution in [1.29, 1.82) is 0 Å². The summed E-state index contributed by atoms with van der Waals surface area (Å²) >= 11 is 0. The van der Waals surface area contributed by atoms with Gasteiger partial charge in [-0.15, -0.1) is 0 Å². The Morgan fingerprint density at radius 1 is 1.20 bits per heavy atom. The van der Waals surface area contributed by atoms with E-state index in [1.807, 2.05) is 0 Å². The summed E-state index contributed by atoms with van der Waals surface area (Å²) in [6.07, 6.45) is 5.46. The molecule has 0 aromatic rings. The fraction of sp³-hybridized carbons (Fsp3) is 1.00. The van der Waals surface area contributed by atoms with Crippen molar-refractivity contribution in [2.45, 2.75) is 38.4 Å². The van der Waals surface area contributed by atoms with Gasteiger partial charge in [0.1, 0.15) is 7.28 Å². The summed E-state index contributed by atoms with van der Waals surface area (Å²) in [6.45, 7) is 7.45. The molecule has 0 amide bonds. The molecule has 2 heterocycles. The summed E-state index contributed by atoms with van der Waals surface area (Å²) in [5, 5.41) is 0. The Bertz CT molecular complexity index is 190. The molecule has 0 spiro atoms. The minimum atomic E-state index is 0.883. The van der Waals surface area contributed by atoms with Gasteiger partial charge in [-0.05, 0) is 19.4 Å². The van der Waals surface area contributed by atoms with Gasteiger partial charge in [0.15, 0.2) is 0 Å². The molecule has 0 bridgehead atoms. The maximum atomic E-state index is 2.75. The van der Waals surface area contributed by atoms with Crippen molar-refractivity contribution in [1.82, 2.24) is 9.80 Å². The van der Waals surface area contributed by atoms with Gasteiger partial charge in [0.25, 0.3) is 0 Å². The van der Waals surface area contributed by atoms with Crippen LogP contribution in [0.2, 0.25) is 12.6 Å². The SMILES string of the molecule is CCC1C[B]CCC1N1CCN(C)CC1. The third-order valence-corrected chi connectivity index (χ3v) is 4.21. The van der Waals surface area contributed by atoms with Crippen LogP contribution in [0.5, 0.6) is 0 Å². The molecule has 2 unspecified atom stereocenters. The van der Waals surface area contributed by atoms with E-state index in [9.17, 15) is 0 Å². The van der Waals surface area contributed by atoms with Crippen LogP contribution < -0.4 is 0 Å². The van der Waals surface area contributed by atoms with Gasteiger partial charge >= 0.3 is 0 Å². The first-order valence-electron chi connectivity index (χ1n) is 6.55. The third kappa shape index (κ3) is 2.76. The number of hydrogen-bond donors (Lipinski definition) is 0. The first kappa shape index (κ1) is 11.5. The van der Waals surface area contributed by atoms with Crippen molar-refractivity contribution in [3.8, 4) is 0 Å². The van der Waals surface area contributed by atoms with E-state index in [0.717, 1.165) is 12.0 Å². The monoisotopic (exact) mass is 207 g/mol. The van der Waals surface area contributed by atoms with E-state index in [0.29, 0.717) is 0 Å². The highest BCUT2D eigenvalue weighted by atomic mass is 15.3. The third-order valence-electron chi connectivity index (χ3n) is 4.21. The zero-order chi connectivity index (χ0) is 10.7. The van der Waals surface area contributed by atoms with Crippen LogP contribution >= 0.6 is 0 Å². The van der Waals surface area contributed by atoms with E-state index < -0.39 is 0 Å². The van der Waals surface area contributed by atoms with Crippen LogP contribution in [0.1, 0.15) is 19.8 Å². The predicted octanol–water partition coefficient (Wildman–Crippen LogP) is 1.57. The van der Waals surface area contributed by atoms with Crippen molar-refractivity contribution < 1.29 is 0 Å². The Labute approximate surface area is 95.2 Å². The van der Waals surface area contributed by atoms with Gasteiger partial charge in [-0.25, -0.2) is 0 Å². The first-order valence-corrected chi connectivity index (χ1v) is 6.55. The lowest BCUT2D eigenvalue weighted by molar-refractivity contribution is 0.0779. The van der Waals surface area contributed by atoms with Crippen molar-refractivity contribution in [2.75, 3.05) is 33.2 Å². The van der Waals surface area contributed by atoms with Crippen LogP contribution in [0.3, 0.4) is 0 Å². The van der Waals surface area contributed by atoms with Gasteiger partial charge in [-0.1, -0.05) is 26.0 Å². The second kappa shape index (κ2) is 5.35. The smallest absolute Gasteiger partial charge is 0.109 e. The Kier molecular flexibility index (Phi) is 4.09. The average Bonchev–Trinajstić information content (AvgIpc) is 2.30. The molecule has 2 aliphatic rings. The molecule has 1 radical (unpaired) electrons. The second-order valence-electron chi connectivity index (χ2n) is 5.18. The molecule has 2 aliphatic heterocycles. The van der Waals surface area contributed by atoms with Gasteiger partial charge in [0, 0.05) is 32.2 Å². The predicted molar refractivity (Wildman–Crippen MR) is 66.6 cm³/mol. The van der Waals surface area contributed by atoms with Gasteiger partial charge in [0.05, 0.1) is 0 Å². The minimum Gasteiger partial charge on any atom is -0.304 e. The standard InChI is InChI=1S/C12H24BN2/c1-3-11-10-13-5-4-12(11)15-8-6-14(2)7-9-15/h11-12H,3-10H2,1-2H3. The van der Waals surface area contributed by atoms with Crippen LogP contribution in [-0.4, -0.2) is 56.3 Å². The Morgan fingerprint density at radius 2 is 1.93 bits per heavy atom. The lowest BCUT2D eigenvalue weighted by atomic mass is 9.58. The first-order chi connectivity index (χ1) is 7.31. The zero-order valence-corrected chi connectivity index (χ0v) is 10.3. The fourth-order valence-electron chi connectivity index (χ4n) is 3.09. The molecule has 0 aliphatic carbocycles. The van der Waals surface area contributed by atoms with Crippen LogP contribution in [-0.2, 0) is 0 Å². The number of hydrogen-bond acceptors (Lipinski definition) is 2. The summed E-state index contributed by atoms with van der Waals surface area (Å²) in [5.41, 5.74) is 0. The minimum absolute atomic E-state index is 0.883. The number of nitrogens with zero attached hydrogens (tertiary/aromatic N) is 2. The highest BCUT2D eigenvalue weighted by Crippen LogP contribution is 2.28. The molecule has 15 heavy (non-hydrogen) atoms. The lowest BCUT2D eigenvalue weighted by Gasteiger charge is -2.43. The van der Waals surface area contributed by atoms with Gasteiger partial charge in [-0.3, -0.25) is 4.90 Å². The summed E-state index contributed by atoms with van der Waals surface area (Å²) in [5.74, 6) is 0.933. The topological polar surface area (TPSA) is 6.48 Å². The van der Waals surface area contributed by atoms with Gasteiger partial charge < -0.3 is 4.90 Å². The molecule has 2 rings (SSSR count). The summed E-state index contributed by atoms with van der Waals surface area (Å²) in [4.78, 5) is 5.20. The molecule has 3 heteroatoms.